The second kappa shape index (κ2) is 5.17. The minimum Gasteiger partial charge on any atom is -0.465 e. The Morgan fingerprint density at radius 1 is 1.20 bits per heavy atom. The van der Waals surface area contributed by atoms with E-state index >= 15 is 0 Å². The Balaban J connectivity index is 3.60. The van der Waals surface area contributed by atoms with Crippen LogP contribution < -0.4 is 4.74 Å². The smallest absolute Gasteiger partial charge is 0.465 e. The van der Waals surface area contributed by atoms with Gasteiger partial charge in [0.05, 0.1) is 12.8 Å². The highest BCUT2D eigenvalue weighted by Gasteiger charge is 2.42. The number of ether oxygens (including phenoxy) is 2. The molecule has 0 aromatic carbocycles. The Labute approximate surface area is 108 Å². The number of halogens is 6. The quantitative estimate of drug-likeness (QED) is 0.622. The number of aryl methyl sites for hydroxylation is 1. The normalized spacial score (nSPS) is 12.2. The van der Waals surface area contributed by atoms with Gasteiger partial charge in [-0.25, -0.2) is 4.79 Å². The molecule has 0 N–H and O–H groups in total. The predicted octanol–water partition coefficient (Wildman–Crippen LogP) is 3.09. The van der Waals surface area contributed by atoms with Gasteiger partial charge in [0, 0.05) is 6.20 Å². The fraction of sp³-hybridized carbons (Fsp3) is 0.400. The predicted molar refractivity (Wildman–Crippen MR) is 52.0 cm³/mol. The molecular formula is C10H7F6NO3. The van der Waals surface area contributed by atoms with Crippen LogP contribution in [-0.4, -0.2) is 24.4 Å². The molecule has 0 atom stereocenters. The van der Waals surface area contributed by atoms with E-state index in [4.69, 9.17) is 0 Å². The second-order valence-corrected chi connectivity index (χ2v) is 3.50. The van der Waals surface area contributed by atoms with Crippen LogP contribution in [0.5, 0.6) is 5.75 Å². The highest BCUT2D eigenvalue weighted by Crippen LogP contribution is 2.41. The average molecular weight is 303 g/mol. The number of rotatable bonds is 2. The fourth-order valence-electron chi connectivity index (χ4n) is 1.35. The molecule has 0 saturated heterocycles. The summed E-state index contributed by atoms with van der Waals surface area (Å²) in [6.07, 6.45) is -10.4. The number of carbonyl (C=O) groups is 1. The number of nitrogens with zero attached hydrogens (tertiary/aromatic N) is 1. The van der Waals surface area contributed by atoms with Crippen LogP contribution in [0.4, 0.5) is 26.3 Å². The van der Waals surface area contributed by atoms with E-state index in [1.165, 1.54) is 0 Å². The summed E-state index contributed by atoms with van der Waals surface area (Å²) in [6, 6.07) is 0. The van der Waals surface area contributed by atoms with Gasteiger partial charge in [-0.05, 0) is 6.92 Å². The molecule has 1 aromatic heterocycles. The van der Waals surface area contributed by atoms with Gasteiger partial charge in [0.15, 0.2) is 5.75 Å². The number of hydrogen-bond acceptors (Lipinski definition) is 4. The average Bonchev–Trinajstić information content (AvgIpc) is 2.24. The summed E-state index contributed by atoms with van der Waals surface area (Å²) in [4.78, 5) is 14.6. The van der Waals surface area contributed by atoms with E-state index in [1.807, 2.05) is 0 Å². The van der Waals surface area contributed by atoms with Crippen LogP contribution in [-0.2, 0) is 10.9 Å². The van der Waals surface area contributed by atoms with Crippen LogP contribution in [0, 0.1) is 6.92 Å². The van der Waals surface area contributed by atoms with Crippen LogP contribution in [0.3, 0.4) is 0 Å². The van der Waals surface area contributed by atoms with Crippen LogP contribution in [0.25, 0.3) is 0 Å². The maximum Gasteiger partial charge on any atom is 0.573 e. The largest absolute Gasteiger partial charge is 0.573 e. The highest BCUT2D eigenvalue weighted by molar-refractivity contribution is 5.94. The van der Waals surface area contributed by atoms with E-state index in [-0.39, 0.29) is 11.9 Å². The molecule has 112 valence electrons. The lowest BCUT2D eigenvalue weighted by Crippen LogP contribution is -2.23. The second-order valence-electron chi connectivity index (χ2n) is 3.50. The Kier molecular flexibility index (Phi) is 4.15. The number of methoxy groups -OCH3 is 1. The maximum atomic E-state index is 12.7. The molecule has 10 heteroatoms. The summed E-state index contributed by atoms with van der Waals surface area (Å²) >= 11 is 0. The van der Waals surface area contributed by atoms with Gasteiger partial charge in [-0.1, -0.05) is 0 Å². The van der Waals surface area contributed by atoms with E-state index in [0.29, 0.717) is 0 Å². The lowest BCUT2D eigenvalue weighted by Gasteiger charge is -2.18. The summed E-state index contributed by atoms with van der Waals surface area (Å²) in [6.45, 7) is 1.05. The first-order valence-corrected chi connectivity index (χ1v) is 4.88. The van der Waals surface area contributed by atoms with Crippen molar-refractivity contribution in [3.63, 3.8) is 0 Å². The molecule has 1 heterocycles. The minimum absolute atomic E-state index is 0.156. The Morgan fingerprint density at radius 2 is 1.75 bits per heavy atom. The standard InChI is InChI=1S/C10H7F6NO3/c1-4-6(8(18)19-2)7(20-10(14,15)16)5(3-17-4)9(11,12)13/h3H,1-2H3. The van der Waals surface area contributed by atoms with Gasteiger partial charge in [-0.3, -0.25) is 4.98 Å². The molecular weight excluding hydrogens is 296 g/mol. The van der Waals surface area contributed by atoms with Crippen molar-refractivity contribution in [3.05, 3.63) is 23.0 Å². The van der Waals surface area contributed by atoms with Crippen LogP contribution in [0.2, 0.25) is 0 Å². The van der Waals surface area contributed by atoms with Crippen molar-refractivity contribution < 1.29 is 40.6 Å². The highest BCUT2D eigenvalue weighted by atomic mass is 19.4. The van der Waals surface area contributed by atoms with Crippen molar-refractivity contribution >= 4 is 5.97 Å². The van der Waals surface area contributed by atoms with E-state index in [9.17, 15) is 31.1 Å². The molecule has 4 nitrogen and oxygen atoms in total. The third-order valence-electron chi connectivity index (χ3n) is 2.13. The molecule has 0 aliphatic heterocycles. The molecule has 0 saturated carbocycles. The first-order valence-electron chi connectivity index (χ1n) is 4.88. The molecule has 0 spiro atoms. The van der Waals surface area contributed by atoms with E-state index in [1.54, 1.807) is 0 Å². The lowest BCUT2D eigenvalue weighted by atomic mass is 10.1. The first kappa shape index (κ1) is 16.1. The SMILES string of the molecule is COC(=O)c1c(C)ncc(C(F)(F)F)c1OC(F)(F)F. The van der Waals surface area contributed by atoms with Crippen LogP contribution in [0.15, 0.2) is 6.20 Å². The van der Waals surface area contributed by atoms with Gasteiger partial charge < -0.3 is 9.47 Å². The number of aromatic nitrogens is 1. The summed E-state index contributed by atoms with van der Waals surface area (Å²) in [5.41, 5.74) is -3.23. The summed E-state index contributed by atoms with van der Waals surface area (Å²) in [5, 5.41) is 0. The van der Waals surface area contributed by atoms with Crippen molar-refractivity contribution in [1.29, 1.82) is 0 Å². The molecule has 0 fully saturated rings. The number of carbonyl (C=O) groups excluding carboxylic acids is 1. The molecule has 1 aromatic rings. The molecule has 0 aliphatic rings. The fourth-order valence-corrected chi connectivity index (χ4v) is 1.35. The number of esters is 1. The lowest BCUT2D eigenvalue weighted by molar-refractivity contribution is -0.276. The van der Waals surface area contributed by atoms with Gasteiger partial charge in [0.25, 0.3) is 0 Å². The van der Waals surface area contributed by atoms with Crippen molar-refractivity contribution in [1.82, 2.24) is 4.98 Å². The third kappa shape index (κ3) is 3.52. The van der Waals surface area contributed by atoms with Crippen LogP contribution >= 0.6 is 0 Å². The Bertz CT molecular complexity index is 523. The van der Waals surface area contributed by atoms with Gasteiger partial charge in [0.2, 0.25) is 0 Å². The minimum atomic E-state index is -5.41. The molecule has 0 radical (unpaired) electrons. The zero-order valence-electron chi connectivity index (χ0n) is 10.0. The monoisotopic (exact) mass is 303 g/mol. The van der Waals surface area contributed by atoms with E-state index in [0.717, 1.165) is 14.0 Å². The molecule has 0 unspecified atom stereocenters. The topological polar surface area (TPSA) is 48.4 Å². The van der Waals surface area contributed by atoms with Crippen molar-refractivity contribution in [3.8, 4) is 5.75 Å². The van der Waals surface area contributed by atoms with Gasteiger partial charge in [-0.15, -0.1) is 13.2 Å². The first-order chi connectivity index (χ1) is 8.97. The Hall–Kier alpha value is -2.00. The Morgan fingerprint density at radius 3 is 2.15 bits per heavy atom. The van der Waals surface area contributed by atoms with E-state index in [2.05, 4.69) is 14.5 Å². The van der Waals surface area contributed by atoms with Crippen molar-refractivity contribution in [2.24, 2.45) is 0 Å². The molecule has 0 amide bonds. The van der Waals surface area contributed by atoms with Gasteiger partial charge >= 0.3 is 18.5 Å². The number of alkyl halides is 6. The molecule has 0 bridgehead atoms. The van der Waals surface area contributed by atoms with Crippen LogP contribution in [0.1, 0.15) is 21.6 Å². The zero-order chi connectivity index (χ0) is 15.7. The molecule has 0 aliphatic carbocycles. The van der Waals surface area contributed by atoms with Crippen molar-refractivity contribution in [2.75, 3.05) is 7.11 Å². The van der Waals surface area contributed by atoms with E-state index < -0.39 is 35.4 Å². The third-order valence-corrected chi connectivity index (χ3v) is 2.13. The summed E-state index contributed by atoms with van der Waals surface area (Å²) in [5.74, 6) is -3.09. The maximum absolute atomic E-state index is 12.7. The molecule has 20 heavy (non-hydrogen) atoms. The summed E-state index contributed by atoms with van der Waals surface area (Å²) in [7, 11) is 0.805. The number of hydrogen-bond donors (Lipinski definition) is 0. The van der Waals surface area contributed by atoms with Gasteiger partial charge in [-0.2, -0.15) is 13.2 Å². The van der Waals surface area contributed by atoms with Gasteiger partial charge in [0.1, 0.15) is 11.1 Å². The summed E-state index contributed by atoms with van der Waals surface area (Å²) < 4.78 is 82.1. The van der Waals surface area contributed by atoms with Crippen molar-refractivity contribution in [2.45, 2.75) is 19.5 Å². The zero-order valence-corrected chi connectivity index (χ0v) is 10.0. The number of pyridine rings is 1. The molecule has 1 rings (SSSR count).